The lowest BCUT2D eigenvalue weighted by molar-refractivity contribution is 0.0695. The van der Waals surface area contributed by atoms with E-state index in [1.54, 1.807) is 12.1 Å². The number of carboxylic acid groups (broad SMARTS) is 1. The average molecular weight is 181 g/mol. The van der Waals surface area contributed by atoms with Crippen LogP contribution in [0.4, 0.5) is 5.69 Å². The zero-order valence-electron chi connectivity index (χ0n) is 7.24. The van der Waals surface area contributed by atoms with Gasteiger partial charge in [0.05, 0.1) is 5.69 Å². The van der Waals surface area contributed by atoms with Gasteiger partial charge in [-0.3, -0.25) is 0 Å². The Balaban J connectivity index is 3.17. The van der Waals surface area contributed by atoms with Crippen LogP contribution in [0.1, 0.15) is 17.3 Å². The minimum atomic E-state index is -1.13. The Labute approximate surface area is 75.8 Å². The molecule has 0 fully saturated rings. The lowest BCUT2D eigenvalue weighted by atomic mass is 10.1. The molecular weight excluding hydrogens is 170 g/mol. The third-order valence-electron chi connectivity index (χ3n) is 1.62. The monoisotopic (exact) mass is 181 g/mol. The maximum Gasteiger partial charge on any atom is 0.341 e. The summed E-state index contributed by atoms with van der Waals surface area (Å²) in [5, 5.41) is 20.9. The van der Waals surface area contributed by atoms with Gasteiger partial charge in [-0.15, -0.1) is 0 Å². The molecule has 0 spiro atoms. The van der Waals surface area contributed by atoms with Crippen molar-refractivity contribution in [2.45, 2.75) is 6.92 Å². The third kappa shape index (κ3) is 1.90. The molecule has 1 aromatic rings. The number of aromatic hydroxyl groups is 1. The van der Waals surface area contributed by atoms with Gasteiger partial charge in [-0.2, -0.15) is 0 Å². The molecule has 4 heteroatoms. The summed E-state index contributed by atoms with van der Waals surface area (Å²) in [7, 11) is 0. The van der Waals surface area contributed by atoms with Gasteiger partial charge in [0.15, 0.2) is 0 Å². The quantitative estimate of drug-likeness (QED) is 0.661. The van der Waals surface area contributed by atoms with Crippen LogP contribution in [0.3, 0.4) is 0 Å². The SMILES string of the molecule is CCNc1cccc(O)c1C(=O)O. The topological polar surface area (TPSA) is 69.6 Å². The van der Waals surface area contributed by atoms with Crippen molar-refractivity contribution in [3.8, 4) is 5.75 Å². The summed E-state index contributed by atoms with van der Waals surface area (Å²) in [4.78, 5) is 10.7. The van der Waals surface area contributed by atoms with Gasteiger partial charge in [-0.05, 0) is 19.1 Å². The molecule has 0 amide bonds. The Morgan fingerprint density at radius 1 is 1.54 bits per heavy atom. The highest BCUT2D eigenvalue weighted by atomic mass is 16.4. The number of benzene rings is 1. The number of anilines is 1. The molecule has 0 heterocycles. The number of rotatable bonds is 3. The molecule has 0 saturated heterocycles. The zero-order chi connectivity index (χ0) is 9.84. The highest BCUT2D eigenvalue weighted by Gasteiger charge is 2.13. The van der Waals surface area contributed by atoms with Crippen LogP contribution in [0.25, 0.3) is 0 Å². The fraction of sp³-hybridized carbons (Fsp3) is 0.222. The lowest BCUT2D eigenvalue weighted by Crippen LogP contribution is -2.05. The van der Waals surface area contributed by atoms with Gasteiger partial charge >= 0.3 is 5.97 Å². The van der Waals surface area contributed by atoms with Gasteiger partial charge in [-0.1, -0.05) is 6.07 Å². The summed E-state index contributed by atoms with van der Waals surface area (Å²) >= 11 is 0. The van der Waals surface area contributed by atoms with E-state index in [2.05, 4.69) is 5.32 Å². The van der Waals surface area contributed by atoms with Crippen LogP contribution in [-0.2, 0) is 0 Å². The highest BCUT2D eigenvalue weighted by Crippen LogP contribution is 2.24. The average Bonchev–Trinajstić information content (AvgIpc) is 2.04. The van der Waals surface area contributed by atoms with Crippen molar-refractivity contribution in [1.29, 1.82) is 0 Å². The minimum absolute atomic E-state index is 0.0793. The maximum absolute atomic E-state index is 10.7. The molecule has 0 aromatic heterocycles. The van der Waals surface area contributed by atoms with E-state index >= 15 is 0 Å². The summed E-state index contributed by atoms with van der Waals surface area (Å²) in [6, 6.07) is 4.57. The maximum atomic E-state index is 10.7. The fourth-order valence-electron chi connectivity index (χ4n) is 1.10. The molecule has 0 aliphatic heterocycles. The third-order valence-corrected chi connectivity index (χ3v) is 1.62. The summed E-state index contributed by atoms with van der Waals surface area (Å²) < 4.78 is 0. The van der Waals surface area contributed by atoms with Crippen molar-refractivity contribution in [2.24, 2.45) is 0 Å². The van der Waals surface area contributed by atoms with Crippen molar-refractivity contribution < 1.29 is 15.0 Å². The van der Waals surface area contributed by atoms with E-state index in [1.165, 1.54) is 6.07 Å². The van der Waals surface area contributed by atoms with Crippen LogP contribution in [0.5, 0.6) is 5.75 Å². The van der Waals surface area contributed by atoms with Crippen molar-refractivity contribution in [3.63, 3.8) is 0 Å². The zero-order valence-corrected chi connectivity index (χ0v) is 7.24. The van der Waals surface area contributed by atoms with E-state index in [0.717, 1.165) is 0 Å². The van der Waals surface area contributed by atoms with E-state index < -0.39 is 5.97 Å². The van der Waals surface area contributed by atoms with Crippen molar-refractivity contribution >= 4 is 11.7 Å². The van der Waals surface area contributed by atoms with Gasteiger partial charge in [0, 0.05) is 6.54 Å². The fourth-order valence-corrected chi connectivity index (χ4v) is 1.10. The molecule has 1 rings (SSSR count). The smallest absolute Gasteiger partial charge is 0.341 e. The number of phenols is 1. The van der Waals surface area contributed by atoms with Gasteiger partial charge in [-0.25, -0.2) is 4.79 Å². The van der Waals surface area contributed by atoms with Crippen LogP contribution in [0.15, 0.2) is 18.2 Å². The summed E-state index contributed by atoms with van der Waals surface area (Å²) in [5.41, 5.74) is 0.361. The largest absolute Gasteiger partial charge is 0.507 e. The van der Waals surface area contributed by atoms with Crippen LogP contribution in [0.2, 0.25) is 0 Å². The number of nitrogens with one attached hydrogen (secondary N) is 1. The number of hydrogen-bond acceptors (Lipinski definition) is 3. The minimum Gasteiger partial charge on any atom is -0.507 e. The van der Waals surface area contributed by atoms with E-state index in [-0.39, 0.29) is 11.3 Å². The van der Waals surface area contributed by atoms with Gasteiger partial charge in [0.25, 0.3) is 0 Å². The van der Waals surface area contributed by atoms with Gasteiger partial charge in [0.2, 0.25) is 0 Å². The Kier molecular flexibility index (Phi) is 2.74. The van der Waals surface area contributed by atoms with E-state index in [1.807, 2.05) is 6.92 Å². The predicted molar refractivity (Wildman–Crippen MR) is 49.2 cm³/mol. The molecule has 70 valence electrons. The molecular formula is C9H11NO3. The Morgan fingerprint density at radius 2 is 2.23 bits per heavy atom. The predicted octanol–water partition coefficient (Wildman–Crippen LogP) is 1.52. The highest BCUT2D eigenvalue weighted by molar-refractivity contribution is 5.97. The molecule has 13 heavy (non-hydrogen) atoms. The molecule has 0 atom stereocenters. The van der Waals surface area contributed by atoms with Crippen molar-refractivity contribution in [3.05, 3.63) is 23.8 Å². The van der Waals surface area contributed by atoms with E-state index in [0.29, 0.717) is 12.2 Å². The first-order valence-corrected chi connectivity index (χ1v) is 3.96. The molecule has 0 aliphatic rings. The van der Waals surface area contributed by atoms with Crippen LogP contribution in [0, 0.1) is 0 Å². The Morgan fingerprint density at radius 3 is 2.77 bits per heavy atom. The molecule has 0 unspecified atom stereocenters. The molecule has 0 saturated carbocycles. The van der Waals surface area contributed by atoms with Crippen LogP contribution < -0.4 is 5.32 Å². The number of aromatic carboxylic acids is 1. The van der Waals surface area contributed by atoms with Crippen molar-refractivity contribution in [2.75, 3.05) is 11.9 Å². The molecule has 1 aromatic carbocycles. The van der Waals surface area contributed by atoms with Crippen molar-refractivity contribution in [1.82, 2.24) is 0 Å². The van der Waals surface area contributed by atoms with Gasteiger partial charge in [0.1, 0.15) is 11.3 Å². The molecule has 0 bridgehead atoms. The Hall–Kier alpha value is -1.71. The first kappa shape index (κ1) is 9.38. The number of hydrogen-bond donors (Lipinski definition) is 3. The van der Waals surface area contributed by atoms with E-state index in [4.69, 9.17) is 5.11 Å². The van der Waals surface area contributed by atoms with Crippen LogP contribution in [-0.4, -0.2) is 22.7 Å². The summed E-state index contributed by atoms with van der Waals surface area (Å²) in [5.74, 6) is -1.35. The number of carbonyl (C=O) groups is 1. The van der Waals surface area contributed by atoms with Gasteiger partial charge < -0.3 is 15.5 Å². The molecule has 0 radical (unpaired) electrons. The second kappa shape index (κ2) is 3.80. The summed E-state index contributed by atoms with van der Waals surface area (Å²) in [6.07, 6.45) is 0. The standard InChI is InChI=1S/C9H11NO3/c1-2-10-6-4-3-5-7(11)8(6)9(12)13/h3-5,10-11H,2H2,1H3,(H,12,13). The molecule has 4 nitrogen and oxygen atoms in total. The second-order valence-electron chi connectivity index (χ2n) is 2.54. The van der Waals surface area contributed by atoms with E-state index in [9.17, 15) is 9.90 Å². The first-order chi connectivity index (χ1) is 6.16. The normalized spacial score (nSPS) is 9.62. The first-order valence-electron chi connectivity index (χ1n) is 3.96. The Bertz CT molecular complexity index is 323. The van der Waals surface area contributed by atoms with Crippen LogP contribution >= 0.6 is 0 Å². The second-order valence-corrected chi connectivity index (χ2v) is 2.54. The number of carboxylic acids is 1. The molecule has 0 aliphatic carbocycles. The lowest BCUT2D eigenvalue weighted by Gasteiger charge is -2.07. The molecule has 3 N–H and O–H groups in total. The summed E-state index contributed by atoms with van der Waals surface area (Å²) in [6.45, 7) is 2.47.